The van der Waals surface area contributed by atoms with E-state index in [9.17, 15) is 14.4 Å². The van der Waals surface area contributed by atoms with Gasteiger partial charge in [0.2, 0.25) is 5.78 Å². The summed E-state index contributed by atoms with van der Waals surface area (Å²) in [7, 11) is 1.50. The molecule has 2 rings (SSSR count). The van der Waals surface area contributed by atoms with Gasteiger partial charge in [-0.3, -0.25) is 14.4 Å². The van der Waals surface area contributed by atoms with E-state index in [4.69, 9.17) is 9.47 Å². The average molecular weight is 369 g/mol. The maximum atomic E-state index is 12.3. The van der Waals surface area contributed by atoms with E-state index < -0.39 is 18.0 Å². The van der Waals surface area contributed by atoms with Crippen molar-refractivity contribution in [2.75, 3.05) is 13.7 Å². The second-order valence-corrected chi connectivity index (χ2v) is 5.96. The number of methoxy groups -OCH3 is 1. The summed E-state index contributed by atoms with van der Waals surface area (Å²) in [6, 6.07) is 13.7. The maximum Gasteiger partial charge on any atom is 0.326 e. The first-order valence-electron chi connectivity index (χ1n) is 8.69. The van der Waals surface area contributed by atoms with Crippen LogP contribution >= 0.6 is 0 Å². The fraction of sp³-hybridized carbons (Fsp3) is 0.286. The quantitative estimate of drug-likeness (QED) is 0.572. The van der Waals surface area contributed by atoms with E-state index in [2.05, 4.69) is 5.32 Å². The number of hydrogen-bond donors (Lipinski definition) is 1. The lowest BCUT2D eigenvalue weighted by atomic mass is 10.0. The van der Waals surface area contributed by atoms with Crippen LogP contribution < -0.4 is 10.1 Å². The fourth-order valence-corrected chi connectivity index (χ4v) is 2.45. The lowest BCUT2D eigenvalue weighted by Gasteiger charge is -2.13. The molecule has 1 N–H and O–H groups in total. The van der Waals surface area contributed by atoms with Crippen LogP contribution in [0.25, 0.3) is 0 Å². The van der Waals surface area contributed by atoms with Crippen molar-refractivity contribution in [1.82, 2.24) is 5.32 Å². The topological polar surface area (TPSA) is 81.7 Å². The van der Waals surface area contributed by atoms with E-state index in [1.54, 1.807) is 36.4 Å². The number of Topliss-reactive ketones (excluding diaryl/α,β-unsaturated/α-hetero) is 1. The fourth-order valence-electron chi connectivity index (χ4n) is 2.45. The third kappa shape index (κ3) is 5.67. The Balaban J connectivity index is 1.86. The highest BCUT2D eigenvalue weighted by Crippen LogP contribution is 2.12. The predicted octanol–water partition coefficient (Wildman–Crippen LogP) is 2.80. The van der Waals surface area contributed by atoms with Crippen LogP contribution in [-0.2, 0) is 16.0 Å². The van der Waals surface area contributed by atoms with Crippen molar-refractivity contribution in [3.8, 4) is 5.75 Å². The second kappa shape index (κ2) is 9.52. The molecule has 0 bridgehead atoms. The molecule has 1 amide bonds. The van der Waals surface area contributed by atoms with Crippen LogP contribution in [-0.4, -0.2) is 37.4 Å². The summed E-state index contributed by atoms with van der Waals surface area (Å²) < 4.78 is 10.2. The number of carbonyl (C=O) groups is 3. The van der Waals surface area contributed by atoms with Gasteiger partial charge in [-0.25, -0.2) is 0 Å². The standard InChI is InChI=1S/C21H23NO5/c1-4-15-8-10-16(11-9-15)20(24)14(2)27-19(23)13-22-21(25)17-6-5-7-18(12-17)26-3/h5-12,14H,4,13H2,1-3H3,(H,22,25)/t14-/m1/s1. The zero-order chi connectivity index (χ0) is 19.8. The van der Waals surface area contributed by atoms with Gasteiger partial charge in [0.05, 0.1) is 7.11 Å². The number of ether oxygens (including phenoxy) is 2. The Morgan fingerprint density at radius 3 is 2.37 bits per heavy atom. The predicted molar refractivity (Wildman–Crippen MR) is 101 cm³/mol. The van der Waals surface area contributed by atoms with Gasteiger partial charge in [0, 0.05) is 11.1 Å². The van der Waals surface area contributed by atoms with Gasteiger partial charge in [-0.05, 0) is 37.1 Å². The van der Waals surface area contributed by atoms with Gasteiger partial charge in [-0.15, -0.1) is 0 Å². The van der Waals surface area contributed by atoms with Crippen molar-refractivity contribution < 1.29 is 23.9 Å². The van der Waals surface area contributed by atoms with Gasteiger partial charge in [-0.1, -0.05) is 37.3 Å². The highest BCUT2D eigenvalue weighted by molar-refractivity contribution is 6.00. The second-order valence-electron chi connectivity index (χ2n) is 5.96. The van der Waals surface area contributed by atoms with Crippen molar-refractivity contribution in [3.63, 3.8) is 0 Å². The molecule has 0 saturated carbocycles. The molecule has 2 aromatic carbocycles. The van der Waals surface area contributed by atoms with Crippen molar-refractivity contribution >= 4 is 17.7 Å². The molecule has 0 aromatic heterocycles. The number of hydrogen-bond acceptors (Lipinski definition) is 5. The molecule has 0 unspecified atom stereocenters. The molecule has 0 aliphatic rings. The van der Waals surface area contributed by atoms with Crippen LogP contribution in [0.2, 0.25) is 0 Å². The minimum atomic E-state index is -0.932. The molecule has 27 heavy (non-hydrogen) atoms. The maximum absolute atomic E-state index is 12.3. The minimum absolute atomic E-state index is 0.287. The van der Waals surface area contributed by atoms with Crippen molar-refractivity contribution in [3.05, 3.63) is 65.2 Å². The summed E-state index contributed by atoms with van der Waals surface area (Å²) in [5, 5.41) is 2.47. The first-order valence-corrected chi connectivity index (χ1v) is 8.69. The first-order chi connectivity index (χ1) is 12.9. The van der Waals surface area contributed by atoms with Gasteiger partial charge in [-0.2, -0.15) is 0 Å². The molecule has 0 radical (unpaired) electrons. The number of amides is 1. The highest BCUT2D eigenvalue weighted by Gasteiger charge is 2.20. The Morgan fingerprint density at radius 1 is 1.04 bits per heavy atom. The number of ketones is 1. The summed E-state index contributed by atoms with van der Waals surface area (Å²) in [6.07, 6.45) is -0.0508. The molecule has 142 valence electrons. The SMILES string of the molecule is CCc1ccc(C(=O)[C@@H](C)OC(=O)CNC(=O)c2cccc(OC)c2)cc1. The number of rotatable bonds is 8. The van der Waals surface area contributed by atoms with Crippen LogP contribution in [0.4, 0.5) is 0 Å². The number of carbonyl (C=O) groups excluding carboxylic acids is 3. The summed E-state index contributed by atoms with van der Waals surface area (Å²) >= 11 is 0. The third-order valence-corrected chi connectivity index (χ3v) is 4.05. The van der Waals surface area contributed by atoms with E-state index in [-0.39, 0.29) is 12.3 Å². The van der Waals surface area contributed by atoms with E-state index in [1.807, 2.05) is 19.1 Å². The molecule has 2 aromatic rings. The Bertz CT molecular complexity index is 814. The van der Waals surface area contributed by atoms with Crippen molar-refractivity contribution in [1.29, 1.82) is 0 Å². The van der Waals surface area contributed by atoms with Gasteiger partial charge in [0.1, 0.15) is 12.3 Å². The Labute approximate surface area is 158 Å². The molecule has 6 heteroatoms. The molecule has 0 aliphatic heterocycles. The van der Waals surface area contributed by atoms with Gasteiger partial charge < -0.3 is 14.8 Å². The van der Waals surface area contributed by atoms with Crippen LogP contribution in [0.15, 0.2) is 48.5 Å². The highest BCUT2D eigenvalue weighted by atomic mass is 16.5. The Hall–Kier alpha value is -3.15. The van der Waals surface area contributed by atoms with E-state index >= 15 is 0 Å². The first kappa shape index (κ1) is 20.2. The van der Waals surface area contributed by atoms with Crippen LogP contribution in [0, 0.1) is 0 Å². The lowest BCUT2D eigenvalue weighted by molar-refractivity contribution is -0.145. The average Bonchev–Trinajstić information content (AvgIpc) is 2.71. The molecule has 0 spiro atoms. The Morgan fingerprint density at radius 2 is 1.74 bits per heavy atom. The number of nitrogens with one attached hydrogen (secondary N) is 1. The molecule has 0 fully saturated rings. The number of esters is 1. The van der Waals surface area contributed by atoms with Gasteiger partial charge >= 0.3 is 5.97 Å². The zero-order valence-electron chi connectivity index (χ0n) is 15.7. The summed E-state index contributed by atoms with van der Waals surface area (Å²) in [5.41, 5.74) is 1.96. The van der Waals surface area contributed by atoms with Crippen molar-refractivity contribution in [2.24, 2.45) is 0 Å². The molecular formula is C21H23NO5. The van der Waals surface area contributed by atoms with Crippen molar-refractivity contribution in [2.45, 2.75) is 26.4 Å². The van der Waals surface area contributed by atoms with E-state index in [1.165, 1.54) is 14.0 Å². The summed E-state index contributed by atoms with van der Waals surface area (Å²) in [6.45, 7) is 3.21. The molecule has 0 saturated heterocycles. The molecular weight excluding hydrogens is 346 g/mol. The van der Waals surface area contributed by atoms with Gasteiger partial charge in [0.25, 0.3) is 5.91 Å². The van der Waals surface area contributed by atoms with Crippen LogP contribution in [0.3, 0.4) is 0 Å². The van der Waals surface area contributed by atoms with E-state index in [0.29, 0.717) is 16.9 Å². The number of aryl methyl sites for hydroxylation is 1. The largest absolute Gasteiger partial charge is 0.497 e. The normalized spacial score (nSPS) is 11.4. The summed E-state index contributed by atoms with van der Waals surface area (Å²) in [5.74, 6) is -0.860. The van der Waals surface area contributed by atoms with Crippen LogP contribution in [0.5, 0.6) is 5.75 Å². The van der Waals surface area contributed by atoms with Gasteiger partial charge in [0.15, 0.2) is 6.10 Å². The lowest BCUT2D eigenvalue weighted by Crippen LogP contribution is -2.34. The number of benzene rings is 2. The summed E-state index contributed by atoms with van der Waals surface area (Å²) in [4.78, 5) is 36.3. The molecule has 0 aliphatic carbocycles. The molecule has 1 atom stereocenters. The molecule has 0 heterocycles. The smallest absolute Gasteiger partial charge is 0.326 e. The Kier molecular flexibility index (Phi) is 7.11. The minimum Gasteiger partial charge on any atom is -0.497 e. The monoisotopic (exact) mass is 369 g/mol. The van der Waals surface area contributed by atoms with E-state index in [0.717, 1.165) is 12.0 Å². The third-order valence-electron chi connectivity index (χ3n) is 4.05. The van der Waals surface area contributed by atoms with Crippen LogP contribution in [0.1, 0.15) is 40.1 Å². The zero-order valence-corrected chi connectivity index (χ0v) is 15.7. The molecule has 6 nitrogen and oxygen atoms in total.